The van der Waals surface area contributed by atoms with Gasteiger partial charge in [-0.25, -0.2) is 0 Å². The number of thiophene rings is 1. The van der Waals surface area contributed by atoms with Gasteiger partial charge in [-0.05, 0) is 80.7 Å². The molecule has 0 unspecified atom stereocenters. The third-order valence-corrected chi connectivity index (χ3v) is 8.45. The molecule has 207 valence electrons. The van der Waals surface area contributed by atoms with Gasteiger partial charge in [-0.3, -0.25) is 0 Å². The van der Waals surface area contributed by atoms with Gasteiger partial charge in [0.15, 0.2) is 0 Å². The van der Waals surface area contributed by atoms with E-state index in [9.17, 15) is 0 Å². The van der Waals surface area contributed by atoms with Crippen LogP contribution in [0.1, 0.15) is 32.7 Å². The van der Waals surface area contributed by atoms with Crippen LogP contribution >= 0.6 is 11.3 Å². The second-order valence-corrected chi connectivity index (χ2v) is 11.8. The summed E-state index contributed by atoms with van der Waals surface area (Å²) in [5, 5.41) is 3.52. The van der Waals surface area contributed by atoms with E-state index in [1.165, 1.54) is 42.8 Å². The quantitative estimate of drug-likeness (QED) is 0.166. The molecule has 0 bridgehead atoms. The molecule has 7 rings (SSSR count). The number of aromatic nitrogens is 2. The standard InChI is InChI=1S/C22H16NOS.C14H14N.Ir/c1-12-7-19(23-11-13(12)2)17-6-4-5-16-18-10-21-15(8-14(3)25-21)9-20(18)24-22(16)17;1-10-4-6-13(7-5-10)14-8-11(2)12(3)9-15-14;/h4-5,7-11H,1-3H3;4-6,8-9H,1-3H3;/q2*-1;. The molecule has 41 heavy (non-hydrogen) atoms. The van der Waals surface area contributed by atoms with Crippen molar-refractivity contribution >= 4 is 43.4 Å². The van der Waals surface area contributed by atoms with Crippen molar-refractivity contribution in [3.8, 4) is 22.5 Å². The number of furan rings is 1. The fourth-order valence-electron chi connectivity index (χ4n) is 4.79. The van der Waals surface area contributed by atoms with E-state index in [0.717, 1.165) is 44.5 Å². The van der Waals surface area contributed by atoms with E-state index in [-0.39, 0.29) is 20.1 Å². The Balaban J connectivity index is 0.000000182. The van der Waals surface area contributed by atoms with Crippen molar-refractivity contribution in [2.24, 2.45) is 0 Å². The average Bonchev–Trinajstić information content (AvgIpc) is 3.49. The monoisotopic (exact) mass is 731 g/mol. The third-order valence-electron chi connectivity index (χ3n) is 7.44. The van der Waals surface area contributed by atoms with Gasteiger partial charge in [0.1, 0.15) is 5.58 Å². The van der Waals surface area contributed by atoms with Crippen molar-refractivity contribution in [3.05, 3.63) is 118 Å². The van der Waals surface area contributed by atoms with Crippen molar-refractivity contribution in [1.82, 2.24) is 9.97 Å². The molecule has 0 atom stereocenters. The van der Waals surface area contributed by atoms with Gasteiger partial charge < -0.3 is 14.4 Å². The van der Waals surface area contributed by atoms with E-state index in [2.05, 4.69) is 112 Å². The van der Waals surface area contributed by atoms with Crippen LogP contribution in [-0.2, 0) is 20.1 Å². The Labute approximate surface area is 258 Å². The molecule has 4 heterocycles. The normalized spacial score (nSPS) is 11.0. The van der Waals surface area contributed by atoms with Crippen LogP contribution in [0.3, 0.4) is 0 Å². The van der Waals surface area contributed by atoms with Crippen molar-refractivity contribution in [1.29, 1.82) is 0 Å². The minimum atomic E-state index is 0. The maximum absolute atomic E-state index is 6.26. The van der Waals surface area contributed by atoms with Gasteiger partial charge in [0.05, 0.1) is 5.58 Å². The Bertz CT molecular complexity index is 2020. The van der Waals surface area contributed by atoms with E-state index in [1.807, 2.05) is 35.9 Å². The van der Waals surface area contributed by atoms with Gasteiger partial charge in [-0.2, -0.15) is 0 Å². The third kappa shape index (κ3) is 5.76. The van der Waals surface area contributed by atoms with E-state index < -0.39 is 0 Å². The summed E-state index contributed by atoms with van der Waals surface area (Å²) in [5.74, 6) is 0. The zero-order valence-electron chi connectivity index (χ0n) is 24.0. The predicted molar refractivity (Wildman–Crippen MR) is 168 cm³/mol. The molecule has 3 nitrogen and oxygen atoms in total. The molecule has 0 aliphatic heterocycles. The minimum absolute atomic E-state index is 0. The van der Waals surface area contributed by atoms with Crippen molar-refractivity contribution in [2.75, 3.05) is 0 Å². The van der Waals surface area contributed by atoms with Crippen LogP contribution in [0, 0.1) is 53.7 Å². The Morgan fingerprint density at radius 2 is 1.41 bits per heavy atom. The number of nitrogens with zero attached hydrogens (tertiary/aromatic N) is 2. The minimum Gasteiger partial charge on any atom is -0.501 e. The molecule has 0 N–H and O–H groups in total. The second kappa shape index (κ2) is 11.7. The zero-order chi connectivity index (χ0) is 28.0. The van der Waals surface area contributed by atoms with Crippen LogP contribution in [0.4, 0.5) is 0 Å². The van der Waals surface area contributed by atoms with Gasteiger partial charge in [-0.15, -0.1) is 64.9 Å². The van der Waals surface area contributed by atoms with Crippen LogP contribution in [-0.4, -0.2) is 9.97 Å². The van der Waals surface area contributed by atoms with Gasteiger partial charge in [0.25, 0.3) is 0 Å². The maximum Gasteiger partial charge on any atom is 0.121 e. The van der Waals surface area contributed by atoms with Crippen molar-refractivity contribution < 1.29 is 24.5 Å². The van der Waals surface area contributed by atoms with E-state index >= 15 is 0 Å². The Morgan fingerprint density at radius 1 is 0.707 bits per heavy atom. The SMILES string of the molecule is Cc1c[c-]c(-c2cc(C)c(C)cn2)cc1.Cc1cc2cc3oc4c(-c5cc(C)c(C)cn5)[c-]ccc4c3cc2s1.[Ir]. The molecule has 0 spiro atoms. The first-order chi connectivity index (χ1) is 19.3. The first-order valence-electron chi connectivity index (χ1n) is 13.4. The average molecular weight is 731 g/mol. The van der Waals surface area contributed by atoms with Gasteiger partial charge in [0.2, 0.25) is 0 Å². The number of hydrogen-bond donors (Lipinski definition) is 0. The Hall–Kier alpha value is -3.63. The summed E-state index contributed by atoms with van der Waals surface area (Å²) in [6.07, 6.45) is 3.83. The zero-order valence-corrected chi connectivity index (χ0v) is 27.2. The summed E-state index contributed by atoms with van der Waals surface area (Å²) < 4.78 is 7.56. The van der Waals surface area contributed by atoms with E-state index in [0.29, 0.717) is 0 Å². The Morgan fingerprint density at radius 3 is 2.10 bits per heavy atom. The fraction of sp³-hybridized carbons (Fsp3) is 0.167. The van der Waals surface area contributed by atoms with Crippen LogP contribution in [0.5, 0.6) is 0 Å². The van der Waals surface area contributed by atoms with Crippen LogP contribution in [0.25, 0.3) is 54.5 Å². The molecule has 0 saturated heterocycles. The molecule has 1 radical (unpaired) electrons. The molecule has 0 fully saturated rings. The summed E-state index contributed by atoms with van der Waals surface area (Å²) in [6, 6.07) is 27.6. The van der Waals surface area contributed by atoms with Gasteiger partial charge in [-0.1, -0.05) is 41.1 Å². The number of fused-ring (bicyclic) bond motifs is 4. The number of aryl methyl sites for hydroxylation is 6. The first-order valence-corrected chi connectivity index (χ1v) is 14.2. The molecule has 5 heteroatoms. The van der Waals surface area contributed by atoms with Crippen LogP contribution in [0.2, 0.25) is 0 Å². The van der Waals surface area contributed by atoms with Crippen LogP contribution < -0.4 is 0 Å². The summed E-state index contributed by atoms with van der Waals surface area (Å²) in [6.45, 7) is 12.6. The molecule has 0 aliphatic rings. The first kappa shape index (κ1) is 28.9. The molecule has 7 aromatic rings. The largest absolute Gasteiger partial charge is 0.501 e. The number of pyridine rings is 2. The Kier molecular flexibility index (Phi) is 8.24. The smallest absolute Gasteiger partial charge is 0.121 e. The van der Waals surface area contributed by atoms with E-state index in [4.69, 9.17) is 4.42 Å². The predicted octanol–water partition coefficient (Wildman–Crippen LogP) is 10.1. The summed E-state index contributed by atoms with van der Waals surface area (Å²) >= 11 is 1.82. The van der Waals surface area contributed by atoms with Crippen LogP contribution in [0.15, 0.2) is 77.5 Å². The van der Waals surface area contributed by atoms with Gasteiger partial charge in [0, 0.05) is 47.5 Å². The fourth-order valence-corrected chi connectivity index (χ4v) is 5.74. The summed E-state index contributed by atoms with van der Waals surface area (Å²) in [4.78, 5) is 10.3. The molecule has 0 amide bonds. The molecule has 3 aromatic carbocycles. The summed E-state index contributed by atoms with van der Waals surface area (Å²) in [5.41, 5.74) is 11.8. The maximum atomic E-state index is 6.26. The summed E-state index contributed by atoms with van der Waals surface area (Å²) in [7, 11) is 0. The van der Waals surface area contributed by atoms with Crippen molar-refractivity contribution in [2.45, 2.75) is 41.5 Å². The number of hydrogen-bond acceptors (Lipinski definition) is 4. The molecular weight excluding hydrogens is 701 g/mol. The topological polar surface area (TPSA) is 38.9 Å². The molecule has 0 saturated carbocycles. The molecule has 4 aromatic heterocycles. The number of rotatable bonds is 2. The van der Waals surface area contributed by atoms with Gasteiger partial charge >= 0.3 is 0 Å². The molecular formula is C36H30IrN2OS-2. The van der Waals surface area contributed by atoms with Crippen molar-refractivity contribution in [3.63, 3.8) is 0 Å². The number of benzene rings is 3. The van der Waals surface area contributed by atoms with E-state index in [1.54, 1.807) is 0 Å². The second-order valence-electron chi connectivity index (χ2n) is 10.5. The molecule has 0 aliphatic carbocycles.